The van der Waals surface area contributed by atoms with E-state index in [1.165, 1.54) is 6.20 Å². The van der Waals surface area contributed by atoms with Crippen LogP contribution in [0.4, 0.5) is 16.2 Å². The number of hydrogen-bond donors (Lipinski definition) is 1. The van der Waals surface area contributed by atoms with E-state index in [9.17, 15) is 4.39 Å². The summed E-state index contributed by atoms with van der Waals surface area (Å²) in [6.07, 6.45) is 2.17. The summed E-state index contributed by atoms with van der Waals surface area (Å²) >= 11 is 1.56. The topological polar surface area (TPSA) is 53.9 Å². The zero-order valence-corrected chi connectivity index (χ0v) is 12.7. The summed E-state index contributed by atoms with van der Waals surface area (Å²) in [6, 6.07) is 0. The quantitative estimate of drug-likeness (QED) is 0.888. The van der Waals surface area contributed by atoms with Crippen LogP contribution in [0.3, 0.4) is 0 Å². The molecule has 2 aromatic heterocycles. The van der Waals surface area contributed by atoms with E-state index in [0.29, 0.717) is 18.3 Å². The summed E-state index contributed by atoms with van der Waals surface area (Å²) in [7, 11) is 1.81. The Hall–Kier alpha value is -1.76. The number of hydrogen-bond acceptors (Lipinski definition) is 6. The molecule has 0 aliphatic rings. The van der Waals surface area contributed by atoms with E-state index in [0.717, 1.165) is 23.5 Å². The molecule has 0 aromatic carbocycles. The van der Waals surface area contributed by atoms with E-state index in [4.69, 9.17) is 0 Å². The summed E-state index contributed by atoms with van der Waals surface area (Å²) in [4.78, 5) is 15.2. The first-order valence-electron chi connectivity index (χ1n) is 6.48. The molecule has 2 aromatic rings. The lowest BCUT2D eigenvalue weighted by Gasteiger charge is -2.18. The molecule has 0 radical (unpaired) electrons. The fourth-order valence-corrected chi connectivity index (χ4v) is 2.55. The number of aromatic nitrogens is 3. The third-order valence-electron chi connectivity index (χ3n) is 2.85. The highest BCUT2D eigenvalue weighted by molar-refractivity contribution is 7.09. The second kappa shape index (κ2) is 6.60. The Morgan fingerprint density at radius 2 is 2.20 bits per heavy atom. The van der Waals surface area contributed by atoms with E-state index in [1.54, 1.807) is 21.7 Å². The molecule has 7 heteroatoms. The Kier molecular flexibility index (Phi) is 4.84. The first-order valence-corrected chi connectivity index (χ1v) is 7.36. The van der Waals surface area contributed by atoms with Gasteiger partial charge in [-0.25, -0.2) is 14.4 Å². The monoisotopic (exact) mass is 295 g/mol. The van der Waals surface area contributed by atoms with Crippen LogP contribution in [0.15, 0.2) is 11.7 Å². The van der Waals surface area contributed by atoms with E-state index in [2.05, 4.69) is 27.2 Å². The average Bonchev–Trinajstić information content (AvgIpc) is 2.83. The average molecular weight is 295 g/mol. The van der Waals surface area contributed by atoms with Crippen molar-refractivity contribution < 1.29 is 4.39 Å². The number of anilines is 2. The van der Waals surface area contributed by atoms with E-state index in [1.807, 2.05) is 14.0 Å². The number of nitrogens with one attached hydrogen (secondary N) is 1. The first kappa shape index (κ1) is 14.6. The molecule has 2 heterocycles. The second-order valence-corrected chi connectivity index (χ2v) is 5.45. The second-order valence-electron chi connectivity index (χ2n) is 4.51. The molecule has 0 aliphatic carbocycles. The molecular formula is C13H18FN5S. The van der Waals surface area contributed by atoms with Crippen molar-refractivity contribution in [3.8, 4) is 0 Å². The van der Waals surface area contributed by atoms with Crippen LogP contribution in [-0.2, 0) is 6.54 Å². The van der Waals surface area contributed by atoms with Gasteiger partial charge in [0.2, 0.25) is 5.95 Å². The van der Waals surface area contributed by atoms with Crippen LogP contribution in [0.5, 0.6) is 0 Å². The molecule has 2 rings (SSSR count). The van der Waals surface area contributed by atoms with Crippen LogP contribution in [0.25, 0.3) is 0 Å². The minimum absolute atomic E-state index is 0.298. The Morgan fingerprint density at radius 1 is 1.40 bits per heavy atom. The van der Waals surface area contributed by atoms with Crippen molar-refractivity contribution in [3.05, 3.63) is 28.1 Å². The van der Waals surface area contributed by atoms with Gasteiger partial charge in [0, 0.05) is 18.5 Å². The maximum atomic E-state index is 13.9. The SMILES string of the molecule is CCCNc1ncc(F)c(N(C)Cc2scnc2C)n1. The number of halogens is 1. The van der Waals surface area contributed by atoms with Crippen LogP contribution in [-0.4, -0.2) is 28.5 Å². The Labute approximate surface area is 121 Å². The van der Waals surface area contributed by atoms with Crippen molar-refractivity contribution in [1.82, 2.24) is 15.0 Å². The van der Waals surface area contributed by atoms with Crippen molar-refractivity contribution in [2.24, 2.45) is 0 Å². The van der Waals surface area contributed by atoms with Gasteiger partial charge in [0.1, 0.15) is 0 Å². The van der Waals surface area contributed by atoms with Crippen LogP contribution in [0, 0.1) is 12.7 Å². The summed E-state index contributed by atoms with van der Waals surface area (Å²) in [5, 5.41) is 3.06. The van der Waals surface area contributed by atoms with Gasteiger partial charge in [0.25, 0.3) is 0 Å². The molecule has 0 spiro atoms. The lowest BCUT2D eigenvalue weighted by Crippen LogP contribution is -2.20. The van der Waals surface area contributed by atoms with E-state index in [-0.39, 0.29) is 0 Å². The number of rotatable bonds is 6. The fraction of sp³-hybridized carbons (Fsp3) is 0.462. The lowest BCUT2D eigenvalue weighted by molar-refractivity contribution is 0.607. The minimum Gasteiger partial charge on any atom is -0.354 e. The molecule has 0 saturated heterocycles. The normalized spacial score (nSPS) is 10.6. The lowest BCUT2D eigenvalue weighted by atomic mass is 10.3. The van der Waals surface area contributed by atoms with Gasteiger partial charge in [-0.2, -0.15) is 4.98 Å². The number of aryl methyl sites for hydroxylation is 1. The molecule has 0 aliphatic heterocycles. The largest absolute Gasteiger partial charge is 0.354 e. The molecule has 0 atom stereocenters. The zero-order valence-electron chi connectivity index (χ0n) is 11.9. The standard InChI is InChI=1S/C13H18FN5S/c1-4-5-15-13-16-6-10(14)12(18-13)19(3)7-11-9(2)17-8-20-11/h6,8H,4-5,7H2,1-3H3,(H,15,16,18). The minimum atomic E-state index is -0.420. The zero-order chi connectivity index (χ0) is 14.5. The Morgan fingerprint density at radius 3 is 2.85 bits per heavy atom. The van der Waals surface area contributed by atoms with Crippen molar-refractivity contribution in [1.29, 1.82) is 0 Å². The first-order chi connectivity index (χ1) is 9.61. The Bertz CT molecular complexity index is 572. The van der Waals surface area contributed by atoms with Gasteiger partial charge in [0.15, 0.2) is 11.6 Å². The molecule has 0 bridgehead atoms. The van der Waals surface area contributed by atoms with Gasteiger partial charge < -0.3 is 10.2 Å². The van der Waals surface area contributed by atoms with Crippen LogP contribution in [0.2, 0.25) is 0 Å². The fourth-order valence-electron chi connectivity index (χ4n) is 1.72. The van der Waals surface area contributed by atoms with Gasteiger partial charge >= 0.3 is 0 Å². The van der Waals surface area contributed by atoms with Crippen molar-refractivity contribution in [2.45, 2.75) is 26.8 Å². The predicted molar refractivity (Wildman–Crippen MR) is 79.7 cm³/mol. The third-order valence-corrected chi connectivity index (χ3v) is 3.77. The van der Waals surface area contributed by atoms with Crippen molar-refractivity contribution >= 4 is 23.1 Å². The van der Waals surface area contributed by atoms with Crippen LogP contribution in [0.1, 0.15) is 23.9 Å². The smallest absolute Gasteiger partial charge is 0.224 e. The molecule has 0 fully saturated rings. The Balaban J connectivity index is 2.15. The van der Waals surface area contributed by atoms with Crippen molar-refractivity contribution in [3.63, 3.8) is 0 Å². The molecular weight excluding hydrogens is 277 g/mol. The molecule has 20 heavy (non-hydrogen) atoms. The van der Waals surface area contributed by atoms with Gasteiger partial charge in [-0.05, 0) is 13.3 Å². The van der Waals surface area contributed by atoms with Crippen LogP contribution < -0.4 is 10.2 Å². The highest BCUT2D eigenvalue weighted by Crippen LogP contribution is 2.21. The van der Waals surface area contributed by atoms with E-state index < -0.39 is 5.82 Å². The molecule has 108 valence electrons. The van der Waals surface area contributed by atoms with Crippen LogP contribution >= 0.6 is 11.3 Å². The van der Waals surface area contributed by atoms with Gasteiger partial charge in [-0.1, -0.05) is 6.92 Å². The molecule has 5 nitrogen and oxygen atoms in total. The summed E-state index contributed by atoms with van der Waals surface area (Å²) in [5.41, 5.74) is 2.77. The maximum absolute atomic E-state index is 13.9. The molecule has 0 unspecified atom stereocenters. The highest BCUT2D eigenvalue weighted by atomic mass is 32.1. The molecule has 0 saturated carbocycles. The van der Waals surface area contributed by atoms with Crippen molar-refractivity contribution in [2.75, 3.05) is 23.8 Å². The van der Waals surface area contributed by atoms with Gasteiger partial charge in [0.05, 0.1) is 23.9 Å². The summed E-state index contributed by atoms with van der Waals surface area (Å²) in [5.74, 6) is 0.333. The molecule has 1 N–H and O–H groups in total. The van der Waals surface area contributed by atoms with Gasteiger partial charge in [-0.15, -0.1) is 11.3 Å². The number of thiazole rings is 1. The highest BCUT2D eigenvalue weighted by Gasteiger charge is 2.13. The number of nitrogens with zero attached hydrogens (tertiary/aromatic N) is 4. The predicted octanol–water partition coefficient (Wildman–Crippen LogP) is 2.84. The third kappa shape index (κ3) is 3.41. The van der Waals surface area contributed by atoms with Gasteiger partial charge in [-0.3, -0.25) is 0 Å². The maximum Gasteiger partial charge on any atom is 0.224 e. The summed E-state index contributed by atoms with van der Waals surface area (Å²) < 4.78 is 13.9. The summed E-state index contributed by atoms with van der Waals surface area (Å²) in [6.45, 7) is 5.35. The molecule has 0 amide bonds. The van der Waals surface area contributed by atoms with E-state index >= 15 is 0 Å².